The fourth-order valence-electron chi connectivity index (χ4n) is 4.12. The first-order valence-corrected chi connectivity index (χ1v) is 10.3. The molecule has 2 aromatic carbocycles. The van der Waals surface area contributed by atoms with Crippen LogP contribution in [0, 0.1) is 6.92 Å². The molecule has 1 atom stereocenters. The van der Waals surface area contributed by atoms with E-state index in [4.69, 9.17) is 9.47 Å². The normalized spacial score (nSPS) is 16.3. The molecule has 0 aromatic heterocycles. The molecule has 1 saturated heterocycles. The quantitative estimate of drug-likeness (QED) is 0.671. The highest BCUT2D eigenvalue weighted by atomic mass is 16.5. The maximum atomic E-state index is 13.2. The number of hydrogen-bond donors (Lipinski definition) is 0. The van der Waals surface area contributed by atoms with Crippen molar-refractivity contribution in [3.63, 3.8) is 0 Å². The first-order valence-electron chi connectivity index (χ1n) is 10.3. The topological polar surface area (TPSA) is 42.0 Å². The number of amides is 1. The van der Waals surface area contributed by atoms with E-state index in [2.05, 4.69) is 43.0 Å². The maximum absolute atomic E-state index is 13.2. The number of methoxy groups -OCH3 is 2. The van der Waals surface area contributed by atoms with Gasteiger partial charge in [0, 0.05) is 18.7 Å². The van der Waals surface area contributed by atoms with Crippen molar-refractivity contribution in [3.8, 4) is 11.5 Å². The van der Waals surface area contributed by atoms with Crippen LogP contribution >= 0.6 is 0 Å². The lowest BCUT2D eigenvalue weighted by molar-refractivity contribution is -0.133. The summed E-state index contributed by atoms with van der Waals surface area (Å²) in [5, 5.41) is 0. The molecule has 5 heteroatoms. The van der Waals surface area contributed by atoms with Gasteiger partial charge in [-0.3, -0.25) is 9.69 Å². The Labute approximate surface area is 174 Å². The van der Waals surface area contributed by atoms with Crippen molar-refractivity contribution in [2.45, 2.75) is 39.3 Å². The minimum Gasteiger partial charge on any atom is -0.497 e. The number of likely N-dealkylation sites (tertiary alicyclic amines) is 1. The van der Waals surface area contributed by atoms with Crippen LogP contribution in [0.1, 0.15) is 42.5 Å². The largest absolute Gasteiger partial charge is 0.497 e. The summed E-state index contributed by atoms with van der Waals surface area (Å²) in [7, 11) is 3.33. The van der Waals surface area contributed by atoms with Crippen LogP contribution in [0.3, 0.4) is 0 Å². The number of benzene rings is 2. The summed E-state index contributed by atoms with van der Waals surface area (Å²) in [6.07, 6.45) is 1.94. The third kappa shape index (κ3) is 5.10. The molecule has 1 unspecified atom stereocenters. The Morgan fingerprint density at radius 2 is 2.00 bits per heavy atom. The minimum atomic E-state index is 0.0326. The second kappa shape index (κ2) is 9.79. The molecule has 5 nitrogen and oxygen atoms in total. The molecule has 1 amide bonds. The summed E-state index contributed by atoms with van der Waals surface area (Å²) >= 11 is 0. The predicted octanol–water partition coefficient (Wildman–Crippen LogP) is 4.20. The van der Waals surface area contributed by atoms with Crippen molar-refractivity contribution in [1.29, 1.82) is 0 Å². The zero-order chi connectivity index (χ0) is 20.8. The molecule has 0 spiro atoms. The van der Waals surface area contributed by atoms with E-state index in [0.29, 0.717) is 6.54 Å². The fourth-order valence-corrected chi connectivity index (χ4v) is 4.12. The Morgan fingerprint density at radius 1 is 1.17 bits per heavy atom. The lowest BCUT2D eigenvalue weighted by Gasteiger charge is -2.29. The molecule has 29 heavy (non-hydrogen) atoms. The predicted molar refractivity (Wildman–Crippen MR) is 115 cm³/mol. The van der Waals surface area contributed by atoms with Crippen LogP contribution in [0.2, 0.25) is 0 Å². The van der Waals surface area contributed by atoms with Crippen molar-refractivity contribution in [2.24, 2.45) is 0 Å². The second-order valence-electron chi connectivity index (χ2n) is 7.65. The van der Waals surface area contributed by atoms with Gasteiger partial charge in [0.1, 0.15) is 11.5 Å². The zero-order valence-electron chi connectivity index (χ0n) is 18.0. The number of carbonyl (C=O) groups excluding carboxylic acids is 1. The van der Waals surface area contributed by atoms with E-state index in [-0.39, 0.29) is 11.9 Å². The van der Waals surface area contributed by atoms with Crippen LogP contribution in [0.15, 0.2) is 42.5 Å². The molecule has 1 aliphatic rings. The van der Waals surface area contributed by atoms with Gasteiger partial charge in [0.15, 0.2) is 0 Å². The van der Waals surface area contributed by atoms with Gasteiger partial charge in [-0.25, -0.2) is 0 Å². The van der Waals surface area contributed by atoms with Gasteiger partial charge in [-0.05, 0) is 50.1 Å². The number of aryl methyl sites for hydroxylation is 1. The van der Waals surface area contributed by atoms with Gasteiger partial charge in [-0.1, -0.05) is 36.8 Å². The molecule has 1 heterocycles. The molecular formula is C24H32N2O3. The molecule has 0 bridgehead atoms. The van der Waals surface area contributed by atoms with Crippen molar-refractivity contribution >= 4 is 5.91 Å². The van der Waals surface area contributed by atoms with Crippen LogP contribution in [0.4, 0.5) is 0 Å². The summed E-state index contributed by atoms with van der Waals surface area (Å²) in [6, 6.07) is 14.3. The van der Waals surface area contributed by atoms with E-state index in [9.17, 15) is 4.79 Å². The highest BCUT2D eigenvalue weighted by Crippen LogP contribution is 2.39. The van der Waals surface area contributed by atoms with Crippen molar-refractivity contribution in [3.05, 3.63) is 59.2 Å². The monoisotopic (exact) mass is 396 g/mol. The molecule has 1 fully saturated rings. The molecule has 0 N–H and O–H groups in total. The van der Waals surface area contributed by atoms with E-state index < -0.39 is 0 Å². The molecule has 3 rings (SSSR count). The van der Waals surface area contributed by atoms with Crippen LogP contribution in [-0.4, -0.2) is 49.6 Å². The lowest BCUT2D eigenvalue weighted by atomic mass is 10.0. The van der Waals surface area contributed by atoms with Crippen molar-refractivity contribution < 1.29 is 14.3 Å². The third-order valence-corrected chi connectivity index (χ3v) is 5.66. The van der Waals surface area contributed by atoms with E-state index in [1.165, 1.54) is 11.1 Å². The minimum absolute atomic E-state index is 0.0326. The van der Waals surface area contributed by atoms with Gasteiger partial charge < -0.3 is 14.4 Å². The standard InChI is InChI=1S/C24H32N2O3/c1-5-25(16-19-9-6-8-18(2)14-19)17-24(27)26-13-7-10-22(26)21-15-20(28-3)11-12-23(21)29-4/h6,8-9,11-12,14-15,22H,5,7,10,13,16-17H2,1-4H3. The van der Waals surface area contributed by atoms with E-state index in [0.717, 1.165) is 49.5 Å². The van der Waals surface area contributed by atoms with Crippen LogP contribution in [0.5, 0.6) is 11.5 Å². The Bertz CT molecular complexity index is 837. The first-order chi connectivity index (χ1) is 14.0. The van der Waals surface area contributed by atoms with Crippen LogP contribution < -0.4 is 9.47 Å². The summed E-state index contributed by atoms with van der Waals surface area (Å²) in [6.45, 7) is 7.03. The average Bonchev–Trinajstić information content (AvgIpc) is 3.22. The van der Waals surface area contributed by atoms with E-state index in [1.807, 2.05) is 23.1 Å². The number of carbonyl (C=O) groups is 1. The van der Waals surface area contributed by atoms with Crippen LogP contribution in [0.25, 0.3) is 0 Å². The Hall–Kier alpha value is -2.53. The molecule has 0 saturated carbocycles. The van der Waals surface area contributed by atoms with E-state index in [1.54, 1.807) is 14.2 Å². The van der Waals surface area contributed by atoms with Gasteiger partial charge in [-0.15, -0.1) is 0 Å². The summed E-state index contributed by atoms with van der Waals surface area (Å²) < 4.78 is 11.0. The average molecular weight is 397 g/mol. The third-order valence-electron chi connectivity index (χ3n) is 5.66. The maximum Gasteiger partial charge on any atom is 0.237 e. The summed E-state index contributed by atoms with van der Waals surface area (Å²) in [4.78, 5) is 17.4. The van der Waals surface area contributed by atoms with Crippen molar-refractivity contribution in [2.75, 3.05) is 33.9 Å². The molecule has 156 valence electrons. The number of rotatable bonds is 8. The smallest absolute Gasteiger partial charge is 0.237 e. The van der Waals surface area contributed by atoms with Crippen molar-refractivity contribution in [1.82, 2.24) is 9.80 Å². The number of likely N-dealkylation sites (N-methyl/N-ethyl adjacent to an activating group) is 1. The number of ether oxygens (including phenoxy) is 2. The summed E-state index contributed by atoms with van der Waals surface area (Å²) in [5.74, 6) is 1.77. The summed E-state index contributed by atoms with van der Waals surface area (Å²) in [5.41, 5.74) is 3.51. The molecule has 2 aromatic rings. The first kappa shape index (κ1) is 21.2. The van der Waals surface area contributed by atoms with E-state index >= 15 is 0 Å². The van der Waals surface area contributed by atoms with Gasteiger partial charge >= 0.3 is 0 Å². The molecular weight excluding hydrogens is 364 g/mol. The zero-order valence-corrected chi connectivity index (χ0v) is 18.0. The number of hydrogen-bond acceptors (Lipinski definition) is 4. The van der Waals surface area contributed by atoms with Gasteiger partial charge in [0.2, 0.25) is 5.91 Å². The Balaban J connectivity index is 1.74. The number of nitrogens with zero attached hydrogens (tertiary/aromatic N) is 2. The highest BCUT2D eigenvalue weighted by molar-refractivity contribution is 5.79. The molecule has 0 aliphatic carbocycles. The van der Waals surface area contributed by atoms with Gasteiger partial charge in [-0.2, -0.15) is 0 Å². The lowest BCUT2D eigenvalue weighted by Crippen LogP contribution is -2.39. The fraction of sp³-hybridized carbons (Fsp3) is 0.458. The highest BCUT2D eigenvalue weighted by Gasteiger charge is 2.32. The Kier molecular flexibility index (Phi) is 7.15. The Morgan fingerprint density at radius 3 is 2.69 bits per heavy atom. The van der Waals surface area contributed by atoms with Gasteiger partial charge in [0.05, 0.1) is 26.8 Å². The van der Waals surface area contributed by atoms with Crippen LogP contribution in [-0.2, 0) is 11.3 Å². The second-order valence-corrected chi connectivity index (χ2v) is 7.65. The SMILES string of the molecule is CCN(CC(=O)N1CCCC1c1cc(OC)ccc1OC)Cc1cccc(C)c1. The molecule has 0 radical (unpaired) electrons. The molecule has 1 aliphatic heterocycles. The van der Waals surface area contributed by atoms with Gasteiger partial charge in [0.25, 0.3) is 0 Å².